The molecular formula is C17H15NO4S. The lowest BCUT2D eigenvalue weighted by atomic mass is 10.1. The van der Waals surface area contributed by atoms with Gasteiger partial charge in [0.2, 0.25) is 5.78 Å². The fourth-order valence-electron chi connectivity index (χ4n) is 1.71. The Labute approximate surface area is 138 Å². The Morgan fingerprint density at radius 2 is 1.48 bits per heavy atom. The number of carbonyl (C=O) groups excluding carboxylic acids is 2. The smallest absolute Gasteiger partial charge is 0.331 e. The van der Waals surface area contributed by atoms with Crippen LogP contribution in [-0.4, -0.2) is 22.6 Å². The van der Waals surface area contributed by atoms with Crippen LogP contribution in [0.2, 0.25) is 0 Å². The quantitative estimate of drug-likeness (QED) is 0.392. The second kappa shape index (κ2) is 7.60. The number of oxime groups is 1. The summed E-state index contributed by atoms with van der Waals surface area (Å²) in [4.78, 5) is 29.2. The Morgan fingerprint density at radius 1 is 0.957 bits per heavy atom. The SMILES string of the molecule is CC(=O)ON=C(C)C(=O)c1ccc(Sc2ccc(O)cc2)cc1. The Balaban J connectivity index is 2.06. The second-order valence-corrected chi connectivity index (χ2v) is 5.86. The molecule has 23 heavy (non-hydrogen) atoms. The van der Waals surface area contributed by atoms with Gasteiger partial charge < -0.3 is 9.94 Å². The van der Waals surface area contributed by atoms with Crippen molar-refractivity contribution in [3.63, 3.8) is 0 Å². The molecule has 0 fully saturated rings. The second-order valence-electron chi connectivity index (χ2n) is 4.71. The summed E-state index contributed by atoms with van der Waals surface area (Å²) in [7, 11) is 0. The lowest BCUT2D eigenvalue weighted by Crippen LogP contribution is -2.11. The largest absolute Gasteiger partial charge is 0.508 e. The summed E-state index contributed by atoms with van der Waals surface area (Å²) < 4.78 is 0. The van der Waals surface area contributed by atoms with E-state index in [0.717, 1.165) is 9.79 Å². The molecule has 0 unspecified atom stereocenters. The first-order chi connectivity index (χ1) is 11.0. The summed E-state index contributed by atoms with van der Waals surface area (Å²) in [6, 6.07) is 13.9. The van der Waals surface area contributed by atoms with Gasteiger partial charge >= 0.3 is 5.97 Å². The van der Waals surface area contributed by atoms with Crippen molar-refractivity contribution < 1.29 is 19.5 Å². The first kappa shape index (κ1) is 16.8. The molecule has 0 aromatic heterocycles. The normalized spacial score (nSPS) is 11.1. The van der Waals surface area contributed by atoms with E-state index >= 15 is 0 Å². The van der Waals surface area contributed by atoms with Crippen LogP contribution in [-0.2, 0) is 9.63 Å². The van der Waals surface area contributed by atoms with Gasteiger partial charge in [0.25, 0.3) is 0 Å². The van der Waals surface area contributed by atoms with Crippen LogP contribution in [0.25, 0.3) is 0 Å². The van der Waals surface area contributed by atoms with E-state index in [2.05, 4.69) is 9.99 Å². The highest BCUT2D eigenvalue weighted by molar-refractivity contribution is 7.99. The summed E-state index contributed by atoms with van der Waals surface area (Å²) in [5, 5.41) is 12.7. The van der Waals surface area contributed by atoms with Gasteiger partial charge in [-0.05, 0) is 55.5 Å². The van der Waals surface area contributed by atoms with Crippen LogP contribution in [0.3, 0.4) is 0 Å². The molecule has 0 radical (unpaired) electrons. The lowest BCUT2D eigenvalue weighted by molar-refractivity contribution is -0.140. The highest BCUT2D eigenvalue weighted by Crippen LogP contribution is 2.28. The number of hydrogen-bond donors (Lipinski definition) is 1. The van der Waals surface area contributed by atoms with Crippen LogP contribution < -0.4 is 0 Å². The monoisotopic (exact) mass is 329 g/mol. The van der Waals surface area contributed by atoms with Gasteiger partial charge in [-0.25, -0.2) is 4.79 Å². The molecule has 0 heterocycles. The van der Waals surface area contributed by atoms with Crippen LogP contribution in [0.5, 0.6) is 5.75 Å². The van der Waals surface area contributed by atoms with Crippen molar-refractivity contribution in [3.05, 3.63) is 54.1 Å². The fraction of sp³-hybridized carbons (Fsp3) is 0.118. The standard InChI is InChI=1S/C17H15NO4S/c1-11(18-22-12(2)19)17(21)13-3-7-15(8-4-13)23-16-9-5-14(20)6-10-16/h3-10,20H,1-2H3. The van der Waals surface area contributed by atoms with Crippen LogP contribution >= 0.6 is 11.8 Å². The Hall–Kier alpha value is -2.60. The molecule has 0 bridgehead atoms. The highest BCUT2D eigenvalue weighted by Gasteiger charge is 2.11. The first-order valence-corrected chi connectivity index (χ1v) is 7.61. The van der Waals surface area contributed by atoms with Gasteiger partial charge in [0.1, 0.15) is 11.5 Å². The zero-order valence-corrected chi connectivity index (χ0v) is 13.5. The highest BCUT2D eigenvalue weighted by atomic mass is 32.2. The van der Waals surface area contributed by atoms with E-state index in [1.807, 2.05) is 24.3 Å². The van der Waals surface area contributed by atoms with Crippen molar-refractivity contribution in [3.8, 4) is 5.75 Å². The molecule has 0 saturated carbocycles. The van der Waals surface area contributed by atoms with Crippen LogP contribution in [0.15, 0.2) is 63.5 Å². The third-order valence-electron chi connectivity index (χ3n) is 2.83. The van der Waals surface area contributed by atoms with Crippen molar-refractivity contribution in [2.24, 2.45) is 5.16 Å². The topological polar surface area (TPSA) is 76.0 Å². The van der Waals surface area contributed by atoms with Gasteiger partial charge in [0, 0.05) is 22.3 Å². The zero-order chi connectivity index (χ0) is 16.8. The third kappa shape index (κ3) is 4.96. The molecular weight excluding hydrogens is 314 g/mol. The van der Waals surface area contributed by atoms with E-state index < -0.39 is 5.97 Å². The Morgan fingerprint density at radius 3 is 2.00 bits per heavy atom. The van der Waals surface area contributed by atoms with Crippen molar-refractivity contribution in [2.75, 3.05) is 0 Å². The predicted molar refractivity (Wildman–Crippen MR) is 87.9 cm³/mol. The number of aromatic hydroxyl groups is 1. The minimum absolute atomic E-state index is 0.110. The maximum Gasteiger partial charge on any atom is 0.331 e. The molecule has 0 amide bonds. The summed E-state index contributed by atoms with van der Waals surface area (Å²) in [6.07, 6.45) is 0. The molecule has 0 aliphatic carbocycles. The summed E-state index contributed by atoms with van der Waals surface area (Å²) in [6.45, 7) is 2.71. The molecule has 2 rings (SSSR count). The Kier molecular flexibility index (Phi) is 5.54. The molecule has 2 aromatic carbocycles. The van der Waals surface area contributed by atoms with E-state index in [9.17, 15) is 14.7 Å². The number of Topliss-reactive ketones (excluding diaryl/α,β-unsaturated/α-hetero) is 1. The number of benzene rings is 2. The van der Waals surface area contributed by atoms with E-state index in [-0.39, 0.29) is 17.2 Å². The molecule has 5 nitrogen and oxygen atoms in total. The van der Waals surface area contributed by atoms with Crippen LogP contribution in [0.1, 0.15) is 24.2 Å². The van der Waals surface area contributed by atoms with Gasteiger partial charge in [-0.15, -0.1) is 0 Å². The molecule has 118 valence electrons. The lowest BCUT2D eigenvalue weighted by Gasteiger charge is -2.04. The molecule has 2 aromatic rings. The van der Waals surface area contributed by atoms with Gasteiger partial charge in [-0.3, -0.25) is 4.79 Å². The maximum atomic E-state index is 12.1. The maximum absolute atomic E-state index is 12.1. The molecule has 0 saturated heterocycles. The summed E-state index contributed by atoms with van der Waals surface area (Å²) >= 11 is 1.52. The Bertz CT molecular complexity index is 736. The predicted octanol–water partition coefficient (Wildman–Crippen LogP) is 3.67. The van der Waals surface area contributed by atoms with Crippen molar-refractivity contribution in [1.82, 2.24) is 0 Å². The van der Waals surface area contributed by atoms with Crippen molar-refractivity contribution in [2.45, 2.75) is 23.6 Å². The van der Waals surface area contributed by atoms with Gasteiger partial charge in [-0.1, -0.05) is 16.9 Å². The first-order valence-electron chi connectivity index (χ1n) is 6.79. The van der Waals surface area contributed by atoms with E-state index in [4.69, 9.17) is 0 Å². The molecule has 0 atom stereocenters. The minimum Gasteiger partial charge on any atom is -0.508 e. The molecule has 1 N–H and O–H groups in total. The van der Waals surface area contributed by atoms with Gasteiger partial charge in [0.15, 0.2) is 0 Å². The average Bonchev–Trinajstić information content (AvgIpc) is 2.55. The van der Waals surface area contributed by atoms with Crippen LogP contribution in [0.4, 0.5) is 0 Å². The van der Waals surface area contributed by atoms with Gasteiger partial charge in [-0.2, -0.15) is 0 Å². The zero-order valence-electron chi connectivity index (χ0n) is 12.6. The van der Waals surface area contributed by atoms with E-state index in [0.29, 0.717) is 5.56 Å². The van der Waals surface area contributed by atoms with Crippen molar-refractivity contribution >= 4 is 29.2 Å². The van der Waals surface area contributed by atoms with Crippen LogP contribution in [0, 0.1) is 0 Å². The molecule has 0 aliphatic heterocycles. The number of carbonyl (C=O) groups is 2. The van der Waals surface area contributed by atoms with E-state index in [1.165, 1.54) is 25.6 Å². The summed E-state index contributed by atoms with van der Waals surface area (Å²) in [5.41, 5.74) is 0.576. The number of phenols is 1. The van der Waals surface area contributed by atoms with E-state index in [1.54, 1.807) is 24.3 Å². The minimum atomic E-state index is -0.571. The number of hydrogen-bond acceptors (Lipinski definition) is 6. The average molecular weight is 329 g/mol. The fourth-order valence-corrected chi connectivity index (χ4v) is 2.52. The molecule has 0 spiro atoms. The third-order valence-corrected chi connectivity index (χ3v) is 3.84. The number of rotatable bonds is 5. The molecule has 6 heteroatoms. The number of phenolic OH excluding ortho intramolecular Hbond substituents is 1. The number of nitrogens with zero attached hydrogens (tertiary/aromatic N) is 1. The summed E-state index contributed by atoms with van der Waals surface area (Å²) in [5.74, 6) is -0.650. The van der Waals surface area contributed by atoms with Crippen molar-refractivity contribution in [1.29, 1.82) is 0 Å². The number of ketones is 1. The molecule has 0 aliphatic rings. The van der Waals surface area contributed by atoms with Gasteiger partial charge in [0.05, 0.1) is 0 Å².